The van der Waals surface area contributed by atoms with E-state index >= 15 is 0 Å². The highest BCUT2D eigenvalue weighted by Crippen LogP contribution is 2.18. The van der Waals surface area contributed by atoms with Crippen molar-refractivity contribution in [2.24, 2.45) is 5.73 Å². The van der Waals surface area contributed by atoms with Crippen LogP contribution >= 0.6 is 0 Å². The van der Waals surface area contributed by atoms with Crippen LogP contribution < -0.4 is 5.73 Å². The van der Waals surface area contributed by atoms with Crippen molar-refractivity contribution in [1.82, 2.24) is 4.90 Å². The van der Waals surface area contributed by atoms with Gasteiger partial charge in [0.2, 0.25) is 5.91 Å². The number of carbonyl (C=O) groups is 1. The average molecular weight is 288 g/mol. The van der Waals surface area contributed by atoms with Gasteiger partial charge in [0.05, 0.1) is 0 Å². The van der Waals surface area contributed by atoms with Gasteiger partial charge in [-0.3, -0.25) is 4.79 Å². The van der Waals surface area contributed by atoms with Crippen LogP contribution in [0.3, 0.4) is 0 Å². The summed E-state index contributed by atoms with van der Waals surface area (Å²) in [5.74, 6) is 0.304. The first-order valence-electron chi connectivity index (χ1n) is 8.17. The molecule has 0 aromatic heterocycles. The fourth-order valence-electron chi connectivity index (χ4n) is 3.08. The topological polar surface area (TPSA) is 46.3 Å². The number of unbranched alkanes of at least 4 members (excludes halogenated alkanes) is 1. The molecule has 1 aliphatic rings. The maximum absolute atomic E-state index is 12.3. The van der Waals surface area contributed by atoms with Gasteiger partial charge >= 0.3 is 0 Å². The lowest BCUT2D eigenvalue weighted by atomic mass is 9.98. The molecule has 116 valence electrons. The highest BCUT2D eigenvalue weighted by Gasteiger charge is 2.26. The van der Waals surface area contributed by atoms with Crippen molar-refractivity contribution in [3.05, 3.63) is 35.4 Å². The molecule has 0 saturated carbocycles. The van der Waals surface area contributed by atoms with Gasteiger partial charge in [-0.15, -0.1) is 0 Å². The Balaban J connectivity index is 1.68. The Morgan fingerprint density at radius 1 is 1.29 bits per heavy atom. The molecule has 1 heterocycles. The van der Waals surface area contributed by atoms with Gasteiger partial charge in [-0.05, 0) is 51.5 Å². The van der Waals surface area contributed by atoms with E-state index in [1.807, 2.05) is 4.90 Å². The largest absolute Gasteiger partial charge is 0.340 e. The molecule has 1 saturated heterocycles. The molecule has 3 nitrogen and oxygen atoms in total. The van der Waals surface area contributed by atoms with Crippen LogP contribution in [0.15, 0.2) is 24.3 Å². The highest BCUT2D eigenvalue weighted by molar-refractivity contribution is 5.76. The zero-order chi connectivity index (χ0) is 15.2. The van der Waals surface area contributed by atoms with Crippen LogP contribution in [0.4, 0.5) is 0 Å². The zero-order valence-electron chi connectivity index (χ0n) is 13.3. The molecule has 0 aliphatic carbocycles. The molecule has 3 heteroatoms. The third-order valence-corrected chi connectivity index (χ3v) is 4.46. The normalized spacial score (nSPS) is 22.3. The van der Waals surface area contributed by atoms with Crippen LogP contribution in [-0.2, 0) is 11.2 Å². The molecule has 2 N–H and O–H groups in total. The summed E-state index contributed by atoms with van der Waals surface area (Å²) in [6, 6.07) is 9.25. The number of hydrogen-bond acceptors (Lipinski definition) is 2. The first-order valence-corrected chi connectivity index (χ1v) is 8.17. The Morgan fingerprint density at radius 3 is 2.67 bits per heavy atom. The third-order valence-electron chi connectivity index (χ3n) is 4.46. The van der Waals surface area contributed by atoms with Crippen molar-refractivity contribution in [1.29, 1.82) is 0 Å². The van der Waals surface area contributed by atoms with Crippen LogP contribution in [0.25, 0.3) is 0 Å². The predicted molar refractivity (Wildman–Crippen MR) is 87.1 cm³/mol. The molecule has 0 radical (unpaired) electrons. The van der Waals surface area contributed by atoms with Gasteiger partial charge in [0, 0.05) is 25.0 Å². The Morgan fingerprint density at radius 2 is 2.00 bits per heavy atom. The minimum atomic E-state index is 0.269. The number of piperidine rings is 1. The van der Waals surface area contributed by atoms with Crippen molar-refractivity contribution >= 4 is 5.91 Å². The van der Waals surface area contributed by atoms with E-state index in [2.05, 4.69) is 38.1 Å². The molecular formula is C18H28N2O. The molecule has 0 unspecified atom stereocenters. The van der Waals surface area contributed by atoms with Crippen molar-refractivity contribution in [3.63, 3.8) is 0 Å². The van der Waals surface area contributed by atoms with E-state index in [1.165, 1.54) is 11.1 Å². The second-order valence-corrected chi connectivity index (χ2v) is 6.41. The molecule has 21 heavy (non-hydrogen) atoms. The lowest BCUT2D eigenvalue weighted by Crippen LogP contribution is -2.48. The molecule has 2 rings (SSSR count). The summed E-state index contributed by atoms with van der Waals surface area (Å²) in [5, 5.41) is 0. The van der Waals surface area contributed by atoms with Crippen molar-refractivity contribution in [3.8, 4) is 0 Å². The molecule has 0 spiro atoms. The van der Waals surface area contributed by atoms with Gasteiger partial charge in [-0.2, -0.15) is 0 Å². The monoisotopic (exact) mass is 288 g/mol. The zero-order valence-corrected chi connectivity index (χ0v) is 13.3. The minimum absolute atomic E-state index is 0.269. The van der Waals surface area contributed by atoms with Crippen molar-refractivity contribution in [2.45, 2.75) is 64.5 Å². The number of hydrogen-bond donors (Lipinski definition) is 1. The first kappa shape index (κ1) is 16.0. The number of aryl methyl sites for hydroxylation is 2. The summed E-state index contributed by atoms with van der Waals surface area (Å²) < 4.78 is 0. The van der Waals surface area contributed by atoms with E-state index in [0.717, 1.165) is 38.6 Å². The maximum atomic E-state index is 12.3. The van der Waals surface area contributed by atoms with Crippen molar-refractivity contribution < 1.29 is 4.79 Å². The van der Waals surface area contributed by atoms with E-state index < -0.39 is 0 Å². The van der Waals surface area contributed by atoms with Crippen LogP contribution in [0, 0.1) is 6.92 Å². The fraction of sp³-hybridized carbons (Fsp3) is 0.611. The second kappa shape index (κ2) is 7.60. The van der Waals surface area contributed by atoms with Gasteiger partial charge in [-0.25, -0.2) is 0 Å². The Bertz CT molecular complexity index is 455. The molecule has 1 aliphatic heterocycles. The predicted octanol–water partition coefficient (Wildman–Crippen LogP) is 3.05. The molecule has 0 bridgehead atoms. The standard InChI is InChI=1S/C18H28N2O/c1-14-7-9-16(10-8-14)5-3-4-6-18(21)20-12-11-17(19)13-15(20)2/h7-10,15,17H,3-6,11-13,19H2,1-2H3/t15-,17-/m0/s1. The average Bonchev–Trinajstić information content (AvgIpc) is 2.45. The lowest BCUT2D eigenvalue weighted by molar-refractivity contribution is -0.134. The van der Waals surface area contributed by atoms with Gasteiger partial charge < -0.3 is 10.6 Å². The van der Waals surface area contributed by atoms with Crippen LogP contribution in [0.5, 0.6) is 0 Å². The number of likely N-dealkylation sites (tertiary alicyclic amines) is 1. The van der Waals surface area contributed by atoms with Crippen LogP contribution in [0.2, 0.25) is 0 Å². The van der Waals surface area contributed by atoms with Gasteiger partial charge in [-0.1, -0.05) is 29.8 Å². The number of benzene rings is 1. The first-order chi connectivity index (χ1) is 10.1. The Labute approximate surface area is 128 Å². The summed E-state index contributed by atoms with van der Waals surface area (Å²) in [6.45, 7) is 5.05. The summed E-state index contributed by atoms with van der Waals surface area (Å²) in [7, 11) is 0. The number of amides is 1. The molecule has 1 amide bonds. The number of nitrogens with zero attached hydrogens (tertiary/aromatic N) is 1. The maximum Gasteiger partial charge on any atom is 0.222 e. The summed E-state index contributed by atoms with van der Waals surface area (Å²) >= 11 is 0. The smallest absolute Gasteiger partial charge is 0.222 e. The molecule has 2 atom stereocenters. The second-order valence-electron chi connectivity index (χ2n) is 6.41. The number of nitrogens with two attached hydrogens (primary N) is 1. The van der Waals surface area contributed by atoms with Crippen LogP contribution in [-0.4, -0.2) is 29.4 Å². The summed E-state index contributed by atoms with van der Waals surface area (Å²) in [6.07, 6.45) is 5.67. The summed E-state index contributed by atoms with van der Waals surface area (Å²) in [5.41, 5.74) is 8.61. The molecule has 1 fully saturated rings. The minimum Gasteiger partial charge on any atom is -0.340 e. The third kappa shape index (κ3) is 4.85. The van der Waals surface area contributed by atoms with E-state index in [-0.39, 0.29) is 6.04 Å². The molecule has 1 aromatic rings. The van der Waals surface area contributed by atoms with Crippen molar-refractivity contribution in [2.75, 3.05) is 6.54 Å². The quantitative estimate of drug-likeness (QED) is 0.847. The highest BCUT2D eigenvalue weighted by atomic mass is 16.2. The van der Waals surface area contributed by atoms with Gasteiger partial charge in [0.15, 0.2) is 0 Å². The SMILES string of the molecule is Cc1ccc(CCCCC(=O)N2CC[C@H](N)C[C@@H]2C)cc1. The molecule has 1 aromatic carbocycles. The lowest BCUT2D eigenvalue weighted by Gasteiger charge is -2.36. The number of rotatable bonds is 5. The van der Waals surface area contributed by atoms with Gasteiger partial charge in [0.1, 0.15) is 0 Å². The molecular weight excluding hydrogens is 260 g/mol. The van der Waals surface area contributed by atoms with E-state index in [1.54, 1.807) is 0 Å². The van der Waals surface area contributed by atoms with E-state index in [4.69, 9.17) is 5.73 Å². The van der Waals surface area contributed by atoms with Crippen LogP contribution in [0.1, 0.15) is 50.2 Å². The summed E-state index contributed by atoms with van der Waals surface area (Å²) in [4.78, 5) is 14.3. The van der Waals surface area contributed by atoms with E-state index in [0.29, 0.717) is 18.4 Å². The Kier molecular flexibility index (Phi) is 5.80. The van der Waals surface area contributed by atoms with E-state index in [9.17, 15) is 4.79 Å². The van der Waals surface area contributed by atoms with Gasteiger partial charge in [0.25, 0.3) is 0 Å². The number of carbonyl (C=O) groups excluding carboxylic acids is 1. The Hall–Kier alpha value is -1.35. The fourth-order valence-corrected chi connectivity index (χ4v) is 3.08.